The van der Waals surface area contributed by atoms with Crippen molar-refractivity contribution in [3.05, 3.63) is 46.0 Å². The molecule has 0 spiro atoms. The van der Waals surface area contributed by atoms with E-state index < -0.39 is 0 Å². The van der Waals surface area contributed by atoms with Gasteiger partial charge in [-0.25, -0.2) is 4.98 Å². The zero-order valence-electron chi connectivity index (χ0n) is 14.1. The number of carbonyl (C=O) groups is 1. The summed E-state index contributed by atoms with van der Waals surface area (Å²) in [4.78, 5) is 20.5. The molecule has 0 unspecified atom stereocenters. The number of thiophene rings is 1. The van der Waals surface area contributed by atoms with Gasteiger partial charge in [0.15, 0.2) is 0 Å². The molecule has 4 heterocycles. The van der Waals surface area contributed by atoms with Crippen LogP contribution in [0.3, 0.4) is 0 Å². The fourth-order valence-electron chi connectivity index (χ4n) is 3.40. The Balaban J connectivity index is 1.50. The summed E-state index contributed by atoms with van der Waals surface area (Å²) in [5.41, 5.74) is 3.01. The van der Waals surface area contributed by atoms with Crippen molar-refractivity contribution >= 4 is 28.6 Å². The van der Waals surface area contributed by atoms with Crippen molar-refractivity contribution in [3.63, 3.8) is 0 Å². The minimum absolute atomic E-state index is 0.0429. The molecule has 7 heteroatoms. The van der Waals surface area contributed by atoms with Gasteiger partial charge >= 0.3 is 0 Å². The van der Waals surface area contributed by atoms with Crippen molar-refractivity contribution in [3.8, 4) is 9.88 Å². The number of amides is 1. The molecule has 1 saturated heterocycles. The number of aryl methyl sites for hydroxylation is 1. The summed E-state index contributed by atoms with van der Waals surface area (Å²) >= 11 is 3.19. The molecule has 1 amide bonds. The van der Waals surface area contributed by atoms with Crippen LogP contribution in [0.5, 0.6) is 0 Å². The molecular weight excluding hydrogens is 352 g/mol. The van der Waals surface area contributed by atoms with Crippen LogP contribution in [0.1, 0.15) is 47.4 Å². The van der Waals surface area contributed by atoms with Crippen LogP contribution in [0, 0.1) is 0 Å². The van der Waals surface area contributed by atoms with Gasteiger partial charge < -0.3 is 4.90 Å². The van der Waals surface area contributed by atoms with Gasteiger partial charge in [-0.2, -0.15) is 5.10 Å². The summed E-state index contributed by atoms with van der Waals surface area (Å²) < 4.78 is 0. The topological polar surface area (TPSA) is 61.9 Å². The van der Waals surface area contributed by atoms with Crippen LogP contribution in [-0.2, 0) is 6.42 Å². The maximum Gasteiger partial charge on any atom is 0.273 e. The van der Waals surface area contributed by atoms with Gasteiger partial charge in [0.25, 0.3) is 5.91 Å². The normalized spacial score (nSPS) is 17.8. The number of rotatable bonds is 4. The van der Waals surface area contributed by atoms with E-state index in [1.54, 1.807) is 11.3 Å². The monoisotopic (exact) mass is 372 g/mol. The van der Waals surface area contributed by atoms with Crippen molar-refractivity contribution in [1.29, 1.82) is 0 Å². The van der Waals surface area contributed by atoms with Gasteiger partial charge in [-0.1, -0.05) is 13.0 Å². The Morgan fingerprint density at radius 2 is 2.36 bits per heavy atom. The molecule has 0 aliphatic carbocycles. The minimum Gasteiger partial charge on any atom is -0.337 e. The lowest BCUT2D eigenvalue weighted by Crippen LogP contribution is -2.39. The summed E-state index contributed by atoms with van der Waals surface area (Å²) in [6, 6.07) is 4.05. The molecule has 1 aliphatic heterocycles. The predicted octanol–water partition coefficient (Wildman–Crippen LogP) is 4.18. The Labute approximate surface area is 154 Å². The number of H-pyrrole nitrogens is 1. The van der Waals surface area contributed by atoms with E-state index in [0.29, 0.717) is 11.6 Å². The van der Waals surface area contributed by atoms with Crippen LogP contribution in [0.25, 0.3) is 9.88 Å². The maximum absolute atomic E-state index is 12.9. The third-order valence-electron chi connectivity index (χ3n) is 4.70. The van der Waals surface area contributed by atoms with E-state index in [9.17, 15) is 4.79 Å². The molecule has 1 aliphatic rings. The van der Waals surface area contributed by atoms with E-state index in [-0.39, 0.29) is 5.91 Å². The predicted molar refractivity (Wildman–Crippen MR) is 101 cm³/mol. The molecule has 25 heavy (non-hydrogen) atoms. The minimum atomic E-state index is 0.0429. The fourth-order valence-corrected chi connectivity index (χ4v) is 5.01. The number of thiazole rings is 1. The van der Waals surface area contributed by atoms with Crippen LogP contribution in [0.2, 0.25) is 0 Å². The molecule has 0 radical (unpaired) electrons. The van der Waals surface area contributed by atoms with E-state index in [0.717, 1.165) is 42.2 Å². The van der Waals surface area contributed by atoms with Gasteiger partial charge in [0, 0.05) is 30.1 Å². The zero-order chi connectivity index (χ0) is 17.2. The van der Waals surface area contributed by atoms with Gasteiger partial charge in [-0.05, 0) is 36.3 Å². The van der Waals surface area contributed by atoms with Crippen LogP contribution >= 0.6 is 22.7 Å². The van der Waals surface area contributed by atoms with E-state index in [4.69, 9.17) is 0 Å². The number of aromatic nitrogens is 3. The lowest BCUT2D eigenvalue weighted by molar-refractivity contribution is 0.0700. The molecule has 1 N–H and O–H groups in total. The van der Waals surface area contributed by atoms with Crippen LogP contribution in [0.4, 0.5) is 0 Å². The van der Waals surface area contributed by atoms with Crippen molar-refractivity contribution in [2.45, 2.75) is 32.1 Å². The quantitative estimate of drug-likeness (QED) is 0.747. The van der Waals surface area contributed by atoms with E-state index >= 15 is 0 Å². The van der Waals surface area contributed by atoms with Gasteiger partial charge in [-0.3, -0.25) is 9.89 Å². The number of hydrogen-bond donors (Lipinski definition) is 1. The molecule has 0 saturated carbocycles. The largest absolute Gasteiger partial charge is 0.337 e. The SMILES string of the molecule is CCc1cn[nH]c1[C@H]1CCCN(C(=O)c2csc(-c3cccs3)n2)C1. The summed E-state index contributed by atoms with van der Waals surface area (Å²) in [6.07, 6.45) is 4.98. The molecule has 0 aromatic carbocycles. The highest BCUT2D eigenvalue weighted by molar-refractivity contribution is 7.20. The molecule has 130 valence electrons. The highest BCUT2D eigenvalue weighted by atomic mass is 32.1. The van der Waals surface area contributed by atoms with E-state index in [1.165, 1.54) is 22.6 Å². The zero-order valence-corrected chi connectivity index (χ0v) is 15.7. The number of likely N-dealkylation sites (tertiary alicyclic amines) is 1. The summed E-state index contributed by atoms with van der Waals surface area (Å²) in [5.74, 6) is 0.381. The van der Waals surface area contributed by atoms with E-state index in [1.807, 2.05) is 34.0 Å². The second kappa shape index (κ2) is 7.09. The van der Waals surface area contributed by atoms with Gasteiger partial charge in [0.05, 0.1) is 11.1 Å². The van der Waals surface area contributed by atoms with Crippen molar-refractivity contribution in [1.82, 2.24) is 20.1 Å². The van der Waals surface area contributed by atoms with Crippen LogP contribution in [-0.4, -0.2) is 39.1 Å². The molecule has 1 atom stereocenters. The average molecular weight is 373 g/mol. The molecule has 3 aromatic heterocycles. The number of hydrogen-bond acceptors (Lipinski definition) is 5. The molecule has 5 nitrogen and oxygen atoms in total. The Morgan fingerprint density at radius 3 is 3.16 bits per heavy atom. The standard InChI is InChI=1S/C18H20N4OS2/c1-2-12-9-19-21-16(12)13-5-3-7-22(10-13)18(23)14-11-25-17(20-14)15-6-4-8-24-15/h4,6,8-9,11,13H,2-3,5,7,10H2,1H3,(H,19,21)/t13-/m0/s1. The van der Waals surface area contributed by atoms with Crippen LogP contribution < -0.4 is 0 Å². The van der Waals surface area contributed by atoms with Crippen molar-refractivity contribution in [2.24, 2.45) is 0 Å². The second-order valence-electron chi connectivity index (χ2n) is 6.27. The summed E-state index contributed by atoms with van der Waals surface area (Å²) in [6.45, 7) is 3.68. The first-order valence-corrected chi connectivity index (χ1v) is 10.3. The Kier molecular flexibility index (Phi) is 4.67. The molecule has 3 aromatic rings. The average Bonchev–Trinajstić information content (AvgIpc) is 3.41. The maximum atomic E-state index is 12.9. The lowest BCUT2D eigenvalue weighted by atomic mass is 9.92. The highest BCUT2D eigenvalue weighted by Crippen LogP contribution is 2.31. The third kappa shape index (κ3) is 3.26. The number of nitrogens with zero attached hydrogens (tertiary/aromatic N) is 3. The summed E-state index contributed by atoms with van der Waals surface area (Å²) in [7, 11) is 0. The highest BCUT2D eigenvalue weighted by Gasteiger charge is 2.28. The fraction of sp³-hybridized carbons (Fsp3) is 0.389. The lowest BCUT2D eigenvalue weighted by Gasteiger charge is -2.32. The first-order chi connectivity index (χ1) is 12.3. The van der Waals surface area contributed by atoms with Crippen molar-refractivity contribution < 1.29 is 4.79 Å². The van der Waals surface area contributed by atoms with Gasteiger partial charge in [0.1, 0.15) is 10.7 Å². The number of piperidine rings is 1. The number of carbonyl (C=O) groups excluding carboxylic acids is 1. The molecule has 4 rings (SSSR count). The Bertz CT molecular complexity index is 852. The smallest absolute Gasteiger partial charge is 0.273 e. The first kappa shape index (κ1) is 16.5. The number of aromatic amines is 1. The van der Waals surface area contributed by atoms with Crippen LogP contribution in [0.15, 0.2) is 29.1 Å². The third-order valence-corrected chi connectivity index (χ3v) is 6.59. The van der Waals surface area contributed by atoms with Gasteiger partial charge in [0.2, 0.25) is 0 Å². The van der Waals surface area contributed by atoms with Gasteiger partial charge in [-0.15, -0.1) is 22.7 Å². The molecular formula is C18H20N4OS2. The second-order valence-corrected chi connectivity index (χ2v) is 8.07. The number of nitrogens with one attached hydrogen (secondary N) is 1. The van der Waals surface area contributed by atoms with Crippen molar-refractivity contribution in [2.75, 3.05) is 13.1 Å². The Hall–Kier alpha value is -1.99. The summed E-state index contributed by atoms with van der Waals surface area (Å²) in [5, 5.41) is 12.2. The molecule has 0 bridgehead atoms. The first-order valence-electron chi connectivity index (χ1n) is 8.57. The van der Waals surface area contributed by atoms with E-state index in [2.05, 4.69) is 22.1 Å². The molecule has 1 fully saturated rings. The Morgan fingerprint density at radius 1 is 1.44 bits per heavy atom.